The van der Waals surface area contributed by atoms with Crippen LogP contribution < -0.4 is 0 Å². The number of allylic oxidation sites excluding steroid dienone is 7. The van der Waals surface area contributed by atoms with Crippen LogP contribution in [0.1, 0.15) is 48.0 Å². The van der Waals surface area contributed by atoms with Crippen LogP contribution in [0.2, 0.25) is 0 Å². The van der Waals surface area contributed by atoms with E-state index in [1.54, 1.807) is 0 Å². The van der Waals surface area contributed by atoms with E-state index in [9.17, 15) is 0 Å². The molecule has 2 heteroatoms. The van der Waals surface area contributed by atoms with Crippen LogP contribution in [0, 0.1) is 43.2 Å². The first-order valence-electron chi connectivity index (χ1n) is 7.41. The quantitative estimate of drug-likeness (QED) is 0.187. The van der Waals surface area contributed by atoms with Crippen LogP contribution in [0.25, 0.3) is 0 Å². The van der Waals surface area contributed by atoms with E-state index in [4.69, 9.17) is 0 Å². The molecule has 0 aliphatic heterocycles. The minimum atomic E-state index is -0.758. The van der Waals surface area contributed by atoms with Crippen molar-refractivity contribution in [3.8, 4) is 0 Å². The van der Waals surface area contributed by atoms with E-state index >= 15 is 0 Å². The molecule has 0 saturated heterocycles. The van der Waals surface area contributed by atoms with Crippen molar-refractivity contribution < 1.29 is 21.7 Å². The van der Waals surface area contributed by atoms with Gasteiger partial charge in [0.25, 0.3) is 0 Å². The van der Waals surface area contributed by atoms with E-state index < -0.39 is 7.26 Å². The van der Waals surface area contributed by atoms with E-state index in [0.717, 1.165) is 6.42 Å². The summed E-state index contributed by atoms with van der Waals surface area (Å²) in [7, 11) is -0.758. The average Bonchev–Trinajstić information content (AvgIpc) is 2.94. The number of hydrogen-bond donors (Lipinski definition) is 0. The Balaban J connectivity index is -0.0000000515. The molecule has 0 amide bonds. The van der Waals surface area contributed by atoms with Gasteiger partial charge < -0.3 is 37.1 Å². The van der Waals surface area contributed by atoms with Gasteiger partial charge in [-0.25, -0.2) is 12.2 Å². The van der Waals surface area contributed by atoms with Crippen molar-refractivity contribution in [3.63, 3.8) is 0 Å². The van der Waals surface area contributed by atoms with Crippen molar-refractivity contribution in [2.24, 2.45) is 0 Å². The monoisotopic (exact) mass is 401 g/mol. The van der Waals surface area contributed by atoms with Crippen LogP contribution >= 0.6 is 7.26 Å². The molecule has 0 nitrogen and oxygen atoms in total. The summed E-state index contributed by atoms with van der Waals surface area (Å²) in [6, 6.07) is 0. The zero-order valence-corrected chi connectivity index (χ0v) is 21.6. The maximum absolute atomic E-state index is 2.99. The number of rotatable bonds is 5. The minimum absolute atomic E-state index is 0. The Morgan fingerprint density at radius 2 is 1.36 bits per heavy atom. The van der Waals surface area contributed by atoms with Crippen LogP contribution in [-0.4, -0.2) is 18.5 Å². The van der Waals surface area contributed by atoms with Crippen LogP contribution in [0.3, 0.4) is 0 Å². The summed E-state index contributed by atoms with van der Waals surface area (Å²) >= 11 is 0. The zero-order chi connectivity index (χ0) is 14.7. The molecule has 0 aromatic carbocycles. The van der Waals surface area contributed by atoms with Gasteiger partial charge in [-0.2, -0.15) is 6.08 Å². The number of hydrogen-bond acceptors (Lipinski definition) is 0. The zero-order valence-electron chi connectivity index (χ0n) is 19.2. The SMILES string of the molecule is CC[P+](C=C(C)C=C(C)C)(CC)CC.[C-]1=CC=CC1.[CH3-].[CH3-].[CH3-].[CH3-].[CH3-].[Ti]. The van der Waals surface area contributed by atoms with Crippen molar-refractivity contribution >= 4 is 7.26 Å². The van der Waals surface area contributed by atoms with Gasteiger partial charge in [-0.05, 0) is 47.1 Å². The first-order valence-corrected chi connectivity index (χ1v) is 9.83. The molecule has 25 heavy (non-hydrogen) atoms. The first kappa shape index (κ1) is 44.5. The van der Waals surface area contributed by atoms with E-state index in [2.05, 4.69) is 65.6 Å². The van der Waals surface area contributed by atoms with Gasteiger partial charge in [-0.15, -0.1) is 6.42 Å². The van der Waals surface area contributed by atoms with E-state index in [1.165, 1.54) is 29.6 Å². The van der Waals surface area contributed by atoms with Crippen molar-refractivity contribution in [2.45, 2.75) is 48.0 Å². The van der Waals surface area contributed by atoms with Crippen molar-refractivity contribution in [1.29, 1.82) is 0 Å². The van der Waals surface area contributed by atoms with Gasteiger partial charge in [-0.1, -0.05) is 11.6 Å². The van der Waals surface area contributed by atoms with Crippen LogP contribution in [0.4, 0.5) is 0 Å². The molecule has 0 fully saturated rings. The molecule has 0 aromatic rings. The molecule has 1 aliphatic rings. The normalized spacial score (nSPS) is 10.7. The Morgan fingerprint density at radius 3 is 1.56 bits per heavy atom. The molecule has 0 heterocycles. The largest absolute Gasteiger partial charge is 0.358 e. The Hall–Kier alpha value is 0.104. The third kappa shape index (κ3) is 22.1. The second-order valence-corrected chi connectivity index (χ2v) is 9.86. The van der Waals surface area contributed by atoms with E-state index in [-0.39, 0.29) is 58.9 Å². The minimum Gasteiger partial charge on any atom is -0.358 e. The fraction of sp³-hybridized carbons (Fsp3) is 0.435. The molecular weight excluding hydrogens is 355 g/mol. The predicted molar refractivity (Wildman–Crippen MR) is 125 cm³/mol. The van der Waals surface area contributed by atoms with Gasteiger partial charge in [0.05, 0.1) is 24.3 Å². The molecular formula is C23H46PTi-5. The molecule has 0 unspecified atom stereocenters. The maximum Gasteiger partial charge on any atom is 0.0616 e. The molecule has 1 rings (SSSR count). The topological polar surface area (TPSA) is 0 Å². The van der Waals surface area contributed by atoms with Gasteiger partial charge in [0, 0.05) is 29.0 Å². The summed E-state index contributed by atoms with van der Waals surface area (Å²) in [6.07, 6.45) is 16.4. The summed E-state index contributed by atoms with van der Waals surface area (Å²) < 4.78 is 0. The molecule has 0 spiro atoms. The molecule has 0 atom stereocenters. The summed E-state index contributed by atoms with van der Waals surface area (Å²) in [4.78, 5) is 0. The molecule has 1 aliphatic carbocycles. The third-order valence-corrected chi connectivity index (χ3v) is 8.20. The predicted octanol–water partition coefficient (Wildman–Crippen LogP) is 8.49. The fourth-order valence-electron chi connectivity index (χ4n) is 2.21. The second-order valence-electron chi connectivity index (χ2n) is 5.27. The summed E-state index contributed by atoms with van der Waals surface area (Å²) in [5.41, 5.74) is 2.86. The molecule has 0 saturated carbocycles. The van der Waals surface area contributed by atoms with Gasteiger partial charge in [0.1, 0.15) is 0 Å². The average molecular weight is 401 g/mol. The maximum atomic E-state index is 2.99. The molecule has 0 radical (unpaired) electrons. The Kier molecular flexibility index (Phi) is 46.9. The molecule has 152 valence electrons. The van der Waals surface area contributed by atoms with Gasteiger partial charge >= 0.3 is 0 Å². The smallest absolute Gasteiger partial charge is 0.0616 e. The van der Waals surface area contributed by atoms with E-state index in [0.29, 0.717) is 0 Å². The molecule has 0 bridgehead atoms. The molecule has 0 N–H and O–H groups in total. The third-order valence-electron chi connectivity index (χ3n) is 3.47. The molecule has 0 aromatic heterocycles. The summed E-state index contributed by atoms with van der Waals surface area (Å²) in [6.45, 7) is 13.6. The van der Waals surface area contributed by atoms with Gasteiger partial charge in [0.15, 0.2) is 0 Å². The van der Waals surface area contributed by atoms with Crippen LogP contribution in [-0.2, 0) is 21.7 Å². The Labute approximate surface area is 179 Å². The second kappa shape index (κ2) is 26.3. The van der Waals surface area contributed by atoms with Gasteiger partial charge in [0.2, 0.25) is 0 Å². The Morgan fingerprint density at radius 1 is 0.920 bits per heavy atom. The standard InChI is InChI=1S/C13H26P.C5H5.5CH3.Ti/c1-7-14(8-2,9-3)11-13(6)10-12(4)5;1-2-4-5-3-1;;;;;;/h10-11H,7-9H2,1-6H3;1-3H,4H2;5*1H3;/q+1;6*-1;. The van der Waals surface area contributed by atoms with Crippen LogP contribution in [0.15, 0.2) is 41.3 Å². The fourth-order valence-corrected chi connectivity index (χ4v) is 5.04. The van der Waals surface area contributed by atoms with Gasteiger partial charge in [-0.3, -0.25) is 6.08 Å². The van der Waals surface area contributed by atoms with Crippen LogP contribution in [0.5, 0.6) is 0 Å². The summed E-state index contributed by atoms with van der Waals surface area (Å²) in [5, 5.41) is 0. The first-order chi connectivity index (χ1) is 8.99. The van der Waals surface area contributed by atoms with E-state index in [1.807, 2.05) is 12.2 Å². The van der Waals surface area contributed by atoms with Crippen molar-refractivity contribution in [2.75, 3.05) is 18.5 Å². The Bertz CT molecular complexity index is 336. The van der Waals surface area contributed by atoms with Crippen molar-refractivity contribution in [3.05, 3.63) is 84.5 Å². The summed E-state index contributed by atoms with van der Waals surface area (Å²) in [5.74, 6) is 2.57. The van der Waals surface area contributed by atoms with Crippen molar-refractivity contribution in [1.82, 2.24) is 0 Å².